The molecule has 0 aliphatic rings. The number of hydrogen-bond donors (Lipinski definition) is 1. The van der Waals surface area contributed by atoms with Crippen LogP contribution in [0, 0.1) is 6.92 Å². The Morgan fingerprint density at radius 3 is 2.57 bits per heavy atom. The van der Waals surface area contributed by atoms with Crippen LogP contribution in [-0.2, 0) is 0 Å². The second-order valence-corrected chi connectivity index (χ2v) is 4.89. The Balaban J connectivity index is 2.03. The van der Waals surface area contributed by atoms with Crippen molar-refractivity contribution in [2.45, 2.75) is 6.92 Å². The van der Waals surface area contributed by atoms with Gasteiger partial charge in [-0.15, -0.1) is 0 Å². The van der Waals surface area contributed by atoms with Crippen LogP contribution in [0.25, 0.3) is 0 Å². The van der Waals surface area contributed by atoms with Gasteiger partial charge in [0.1, 0.15) is 5.75 Å². The molecule has 0 radical (unpaired) electrons. The number of carbonyl (C=O) groups excluding carboxylic acids is 1. The number of halogens is 1. The molecule has 0 aliphatic heterocycles. The van der Waals surface area contributed by atoms with Crippen molar-refractivity contribution < 1.29 is 9.53 Å². The summed E-state index contributed by atoms with van der Waals surface area (Å²) in [6, 6.07) is 12.6. The molecule has 0 fully saturated rings. The van der Waals surface area contributed by atoms with Crippen LogP contribution in [0.4, 0.5) is 5.69 Å². The summed E-state index contributed by atoms with van der Waals surface area (Å²) in [4.78, 5) is 12.0. The third-order valence-corrected chi connectivity index (χ3v) is 3.53. The van der Waals surface area contributed by atoms with Gasteiger partial charge in [0.15, 0.2) is 5.78 Å². The molecule has 1 N–H and O–H groups in total. The fourth-order valence-corrected chi connectivity index (χ4v) is 2.00. The highest BCUT2D eigenvalue weighted by atomic mass is 35.5. The molecule has 0 aliphatic carbocycles. The van der Waals surface area contributed by atoms with E-state index in [-0.39, 0.29) is 5.78 Å². The maximum atomic E-state index is 12.0. The van der Waals surface area contributed by atoms with Gasteiger partial charge in [-0.3, -0.25) is 4.79 Å². The van der Waals surface area contributed by atoms with Crippen molar-refractivity contribution in [1.29, 1.82) is 0 Å². The summed E-state index contributed by atoms with van der Waals surface area (Å²) in [5, 5.41) is 3.76. The van der Waals surface area contributed by atoms with Crippen molar-refractivity contribution in [1.82, 2.24) is 0 Å². The number of rotatable bonds is 5. The molecule has 2 aromatic rings. The zero-order chi connectivity index (χ0) is 15.2. The summed E-state index contributed by atoms with van der Waals surface area (Å²) in [5.74, 6) is 0.646. The first-order valence-electron chi connectivity index (χ1n) is 6.48. The zero-order valence-electron chi connectivity index (χ0n) is 11.9. The lowest BCUT2D eigenvalue weighted by Gasteiger charge is -2.06. The quantitative estimate of drug-likeness (QED) is 0.654. The standard InChI is InChI=1S/C17H16ClNO2/c1-12-15(18)4-3-5-16(12)19-11-10-17(20)13-6-8-14(21-2)9-7-13/h3-11,19H,1-2H3. The maximum absolute atomic E-state index is 12.0. The molecule has 0 unspecified atom stereocenters. The SMILES string of the molecule is COc1ccc(C(=O)C=CNc2cccc(Cl)c2C)cc1. The Labute approximate surface area is 129 Å². The molecule has 2 rings (SSSR count). The number of benzene rings is 2. The number of carbonyl (C=O) groups is 1. The fourth-order valence-electron chi connectivity index (χ4n) is 1.82. The van der Waals surface area contributed by atoms with E-state index in [1.165, 1.54) is 6.08 Å². The van der Waals surface area contributed by atoms with E-state index in [0.717, 1.165) is 17.0 Å². The number of hydrogen-bond acceptors (Lipinski definition) is 3. The van der Waals surface area contributed by atoms with Gasteiger partial charge in [0, 0.05) is 28.5 Å². The Morgan fingerprint density at radius 1 is 1.19 bits per heavy atom. The minimum Gasteiger partial charge on any atom is -0.497 e. The van der Waals surface area contributed by atoms with Gasteiger partial charge >= 0.3 is 0 Å². The molecular weight excluding hydrogens is 286 g/mol. The Hall–Kier alpha value is -2.26. The van der Waals surface area contributed by atoms with E-state index in [2.05, 4.69) is 5.32 Å². The van der Waals surface area contributed by atoms with E-state index < -0.39 is 0 Å². The summed E-state index contributed by atoms with van der Waals surface area (Å²) < 4.78 is 5.06. The van der Waals surface area contributed by atoms with E-state index in [4.69, 9.17) is 16.3 Å². The first-order chi connectivity index (χ1) is 10.1. The number of anilines is 1. The topological polar surface area (TPSA) is 38.3 Å². The van der Waals surface area contributed by atoms with Crippen LogP contribution < -0.4 is 10.1 Å². The van der Waals surface area contributed by atoms with Crippen molar-refractivity contribution in [2.75, 3.05) is 12.4 Å². The minimum atomic E-state index is -0.0789. The molecule has 0 spiro atoms. The smallest absolute Gasteiger partial charge is 0.187 e. The molecule has 0 saturated heterocycles. The molecule has 21 heavy (non-hydrogen) atoms. The van der Waals surface area contributed by atoms with Crippen molar-refractivity contribution in [3.05, 3.63) is 70.9 Å². The van der Waals surface area contributed by atoms with Crippen LogP contribution >= 0.6 is 11.6 Å². The second-order valence-electron chi connectivity index (χ2n) is 4.48. The van der Waals surface area contributed by atoms with E-state index in [1.807, 2.05) is 25.1 Å². The van der Waals surface area contributed by atoms with Crippen LogP contribution in [0.15, 0.2) is 54.7 Å². The largest absolute Gasteiger partial charge is 0.497 e. The highest BCUT2D eigenvalue weighted by molar-refractivity contribution is 6.31. The molecule has 4 heteroatoms. The van der Waals surface area contributed by atoms with E-state index in [0.29, 0.717) is 10.6 Å². The summed E-state index contributed by atoms with van der Waals surface area (Å²) in [7, 11) is 1.59. The predicted octanol–water partition coefficient (Wildman–Crippen LogP) is 4.47. The lowest BCUT2D eigenvalue weighted by Crippen LogP contribution is -1.97. The molecule has 0 aromatic heterocycles. The monoisotopic (exact) mass is 301 g/mol. The number of ketones is 1. The molecule has 0 atom stereocenters. The van der Waals surface area contributed by atoms with Gasteiger partial charge in [-0.25, -0.2) is 0 Å². The molecule has 0 heterocycles. The first-order valence-corrected chi connectivity index (χ1v) is 6.86. The molecule has 0 bridgehead atoms. The van der Waals surface area contributed by atoms with Gasteiger partial charge in [0.25, 0.3) is 0 Å². The minimum absolute atomic E-state index is 0.0789. The lowest BCUT2D eigenvalue weighted by molar-refractivity contribution is 0.104. The van der Waals surface area contributed by atoms with Crippen molar-refractivity contribution in [3.8, 4) is 5.75 Å². The molecule has 0 saturated carbocycles. The van der Waals surface area contributed by atoms with Crippen LogP contribution in [0.2, 0.25) is 5.02 Å². The van der Waals surface area contributed by atoms with Gasteiger partial charge < -0.3 is 10.1 Å². The van der Waals surface area contributed by atoms with Crippen LogP contribution in [-0.4, -0.2) is 12.9 Å². The van der Waals surface area contributed by atoms with Crippen molar-refractivity contribution >= 4 is 23.1 Å². The molecule has 2 aromatic carbocycles. The van der Waals surface area contributed by atoms with Crippen molar-refractivity contribution in [3.63, 3.8) is 0 Å². The number of ether oxygens (including phenoxy) is 1. The summed E-state index contributed by atoms with van der Waals surface area (Å²) in [5.41, 5.74) is 2.43. The van der Waals surface area contributed by atoms with Crippen LogP contribution in [0.3, 0.4) is 0 Å². The second kappa shape index (κ2) is 6.95. The normalized spacial score (nSPS) is 10.6. The average molecular weight is 302 g/mol. The maximum Gasteiger partial charge on any atom is 0.187 e. The van der Waals surface area contributed by atoms with E-state index in [9.17, 15) is 4.79 Å². The third kappa shape index (κ3) is 3.86. The predicted molar refractivity (Wildman–Crippen MR) is 86.3 cm³/mol. The number of nitrogens with one attached hydrogen (secondary N) is 1. The highest BCUT2D eigenvalue weighted by Gasteiger charge is 2.02. The van der Waals surface area contributed by atoms with E-state index >= 15 is 0 Å². The van der Waals surface area contributed by atoms with Crippen molar-refractivity contribution in [2.24, 2.45) is 0 Å². The zero-order valence-corrected chi connectivity index (χ0v) is 12.6. The van der Waals surface area contributed by atoms with Gasteiger partial charge in [0.2, 0.25) is 0 Å². The molecule has 108 valence electrons. The third-order valence-electron chi connectivity index (χ3n) is 3.12. The number of allylic oxidation sites excluding steroid dienone is 1. The summed E-state index contributed by atoms with van der Waals surface area (Å²) in [6.45, 7) is 1.92. The van der Waals surface area contributed by atoms with Gasteiger partial charge in [-0.05, 0) is 48.9 Å². The average Bonchev–Trinajstić information content (AvgIpc) is 2.51. The molecule has 3 nitrogen and oxygen atoms in total. The van der Waals surface area contributed by atoms with Gasteiger partial charge in [-0.2, -0.15) is 0 Å². The fraction of sp³-hybridized carbons (Fsp3) is 0.118. The summed E-state index contributed by atoms with van der Waals surface area (Å²) >= 11 is 6.04. The van der Waals surface area contributed by atoms with Gasteiger partial charge in [0.05, 0.1) is 7.11 Å². The Kier molecular flexibility index (Phi) is 5.01. The van der Waals surface area contributed by atoms with Gasteiger partial charge in [-0.1, -0.05) is 17.7 Å². The van der Waals surface area contributed by atoms with E-state index in [1.54, 1.807) is 37.6 Å². The molecular formula is C17H16ClNO2. The Morgan fingerprint density at radius 2 is 1.90 bits per heavy atom. The first kappa shape index (κ1) is 15.1. The highest BCUT2D eigenvalue weighted by Crippen LogP contribution is 2.22. The molecule has 0 amide bonds. The number of methoxy groups -OCH3 is 1. The van der Waals surface area contributed by atoms with Crippen LogP contribution in [0.5, 0.6) is 5.75 Å². The summed E-state index contributed by atoms with van der Waals surface area (Å²) in [6.07, 6.45) is 3.10. The Bertz CT molecular complexity index is 663. The van der Waals surface area contributed by atoms with Crippen LogP contribution in [0.1, 0.15) is 15.9 Å². The lowest BCUT2D eigenvalue weighted by atomic mass is 10.1.